The van der Waals surface area contributed by atoms with Crippen molar-refractivity contribution in [2.75, 3.05) is 25.1 Å². The van der Waals surface area contributed by atoms with E-state index < -0.39 is 0 Å². The molecule has 0 spiro atoms. The molecule has 0 atom stereocenters. The maximum Gasteiger partial charge on any atom is 0.319 e. The molecule has 5 heteroatoms. The normalized spacial score (nSPS) is 15.4. The molecule has 1 fully saturated rings. The van der Waals surface area contributed by atoms with E-state index >= 15 is 0 Å². The summed E-state index contributed by atoms with van der Waals surface area (Å²) in [5.41, 5.74) is 5.13. The fourth-order valence-electron chi connectivity index (χ4n) is 4.02. The van der Waals surface area contributed by atoms with Crippen LogP contribution in [-0.4, -0.2) is 30.8 Å². The molecule has 1 aliphatic rings. The van der Waals surface area contributed by atoms with E-state index in [1.807, 2.05) is 55.6 Å². The van der Waals surface area contributed by atoms with Crippen LogP contribution in [0.4, 0.5) is 10.5 Å². The number of ether oxygens (including phenoxy) is 1. The minimum Gasteiger partial charge on any atom is -0.381 e. The third kappa shape index (κ3) is 4.69. The molecule has 2 N–H and O–H groups in total. The number of rotatable bonds is 5. The first kappa shape index (κ1) is 20.1. The zero-order chi connectivity index (χ0) is 20.8. The molecule has 0 saturated carbocycles. The van der Waals surface area contributed by atoms with Gasteiger partial charge in [-0.3, -0.25) is 4.98 Å². The highest BCUT2D eigenvalue weighted by atomic mass is 16.5. The van der Waals surface area contributed by atoms with Gasteiger partial charge in [0.2, 0.25) is 0 Å². The number of benzene rings is 2. The average molecular weight is 402 g/mol. The molecule has 30 heavy (non-hydrogen) atoms. The quantitative estimate of drug-likeness (QED) is 0.637. The van der Waals surface area contributed by atoms with Crippen LogP contribution in [0.15, 0.2) is 72.9 Å². The lowest BCUT2D eigenvalue weighted by molar-refractivity contribution is 0.0508. The van der Waals surface area contributed by atoms with Crippen LogP contribution in [0.3, 0.4) is 0 Å². The number of anilines is 1. The largest absolute Gasteiger partial charge is 0.381 e. The maximum absolute atomic E-state index is 12.6. The van der Waals surface area contributed by atoms with Crippen LogP contribution in [-0.2, 0) is 10.2 Å². The van der Waals surface area contributed by atoms with Crippen LogP contribution in [0, 0.1) is 6.92 Å². The SMILES string of the molecule is Cc1cc(-c2ccc(NC(=O)NCC3(c4ccccc4)CCOCC3)cc2)ccn1. The second kappa shape index (κ2) is 9.09. The van der Waals surface area contributed by atoms with Crippen LogP contribution in [0.25, 0.3) is 11.1 Å². The summed E-state index contributed by atoms with van der Waals surface area (Å²) in [5.74, 6) is 0. The Morgan fingerprint density at radius 1 is 1.00 bits per heavy atom. The van der Waals surface area contributed by atoms with E-state index in [1.165, 1.54) is 5.56 Å². The van der Waals surface area contributed by atoms with E-state index in [4.69, 9.17) is 4.74 Å². The smallest absolute Gasteiger partial charge is 0.319 e. The second-order valence-corrected chi connectivity index (χ2v) is 7.83. The van der Waals surface area contributed by atoms with Gasteiger partial charge in [0.05, 0.1) is 0 Å². The molecule has 3 aromatic rings. The lowest BCUT2D eigenvalue weighted by Gasteiger charge is -2.38. The van der Waals surface area contributed by atoms with Crippen molar-refractivity contribution in [3.8, 4) is 11.1 Å². The Kier molecular flexibility index (Phi) is 6.10. The summed E-state index contributed by atoms with van der Waals surface area (Å²) in [6, 6.07) is 22.1. The van der Waals surface area contributed by atoms with Crippen molar-refractivity contribution in [2.24, 2.45) is 0 Å². The van der Waals surface area contributed by atoms with E-state index in [0.29, 0.717) is 19.8 Å². The van der Waals surface area contributed by atoms with Crippen LogP contribution in [0.2, 0.25) is 0 Å². The van der Waals surface area contributed by atoms with Gasteiger partial charge in [-0.1, -0.05) is 42.5 Å². The van der Waals surface area contributed by atoms with E-state index in [0.717, 1.165) is 35.3 Å². The zero-order valence-corrected chi connectivity index (χ0v) is 17.2. The Bertz CT molecular complexity index is 981. The minimum atomic E-state index is -0.190. The Hall–Kier alpha value is -3.18. The van der Waals surface area contributed by atoms with Crippen LogP contribution < -0.4 is 10.6 Å². The summed E-state index contributed by atoms with van der Waals surface area (Å²) in [6.45, 7) is 3.99. The van der Waals surface area contributed by atoms with Crippen molar-refractivity contribution < 1.29 is 9.53 Å². The molecule has 0 bridgehead atoms. The highest BCUT2D eigenvalue weighted by Crippen LogP contribution is 2.34. The number of pyridine rings is 1. The van der Waals surface area contributed by atoms with Crippen molar-refractivity contribution in [3.63, 3.8) is 0 Å². The molecule has 0 unspecified atom stereocenters. The number of nitrogens with zero attached hydrogens (tertiary/aromatic N) is 1. The lowest BCUT2D eigenvalue weighted by atomic mass is 9.74. The molecule has 154 valence electrons. The van der Waals surface area contributed by atoms with Gasteiger partial charge in [0.1, 0.15) is 0 Å². The first-order valence-electron chi connectivity index (χ1n) is 10.4. The summed E-state index contributed by atoms with van der Waals surface area (Å²) >= 11 is 0. The number of aromatic nitrogens is 1. The number of carbonyl (C=O) groups is 1. The van der Waals surface area contributed by atoms with Crippen LogP contribution in [0.5, 0.6) is 0 Å². The summed E-state index contributed by atoms with van der Waals surface area (Å²) < 4.78 is 5.57. The molecule has 2 aromatic carbocycles. The Labute approximate surface area is 177 Å². The molecule has 1 aliphatic heterocycles. The number of aryl methyl sites for hydroxylation is 1. The van der Waals surface area contributed by atoms with Gasteiger partial charge in [0, 0.05) is 42.8 Å². The molecule has 1 saturated heterocycles. The van der Waals surface area contributed by atoms with Gasteiger partial charge in [-0.15, -0.1) is 0 Å². The predicted octanol–water partition coefficient (Wildman–Crippen LogP) is 4.93. The predicted molar refractivity (Wildman–Crippen MR) is 120 cm³/mol. The third-order valence-corrected chi connectivity index (χ3v) is 5.80. The number of hydrogen-bond donors (Lipinski definition) is 2. The van der Waals surface area contributed by atoms with Gasteiger partial charge in [-0.25, -0.2) is 4.79 Å². The maximum atomic E-state index is 12.6. The minimum absolute atomic E-state index is 0.0834. The first-order chi connectivity index (χ1) is 14.6. The Morgan fingerprint density at radius 2 is 1.73 bits per heavy atom. The second-order valence-electron chi connectivity index (χ2n) is 7.83. The lowest BCUT2D eigenvalue weighted by Crippen LogP contribution is -2.45. The van der Waals surface area contributed by atoms with Crippen LogP contribution in [0.1, 0.15) is 24.1 Å². The fourth-order valence-corrected chi connectivity index (χ4v) is 4.02. The van der Waals surface area contributed by atoms with Crippen molar-refractivity contribution in [1.29, 1.82) is 0 Å². The monoisotopic (exact) mass is 401 g/mol. The van der Waals surface area contributed by atoms with E-state index in [2.05, 4.69) is 39.9 Å². The van der Waals surface area contributed by atoms with Gasteiger partial charge < -0.3 is 15.4 Å². The van der Waals surface area contributed by atoms with E-state index in [1.54, 1.807) is 0 Å². The molecule has 5 nitrogen and oxygen atoms in total. The molecular formula is C25H27N3O2. The standard InChI is InChI=1S/C25H27N3O2/c1-19-17-21(11-14-26-19)20-7-9-23(10-8-20)28-24(29)27-18-25(12-15-30-16-13-25)22-5-3-2-4-6-22/h2-11,14,17H,12-13,15-16,18H2,1H3,(H2,27,28,29). The molecule has 1 aromatic heterocycles. The zero-order valence-electron chi connectivity index (χ0n) is 17.2. The summed E-state index contributed by atoms with van der Waals surface area (Å²) in [5, 5.41) is 6.03. The van der Waals surface area contributed by atoms with Gasteiger partial charge in [0.15, 0.2) is 0 Å². The van der Waals surface area contributed by atoms with Crippen molar-refractivity contribution in [1.82, 2.24) is 10.3 Å². The molecule has 2 amide bonds. The Balaban J connectivity index is 1.39. The average Bonchev–Trinajstić information content (AvgIpc) is 2.79. The molecule has 2 heterocycles. The molecule has 4 rings (SSSR count). The molecule has 0 aliphatic carbocycles. The van der Waals surface area contributed by atoms with Crippen molar-refractivity contribution in [3.05, 3.63) is 84.2 Å². The number of amides is 2. The van der Waals surface area contributed by atoms with E-state index in [9.17, 15) is 4.79 Å². The third-order valence-electron chi connectivity index (χ3n) is 5.80. The molecular weight excluding hydrogens is 374 g/mol. The van der Waals surface area contributed by atoms with Gasteiger partial charge in [0.25, 0.3) is 0 Å². The molecule has 0 radical (unpaired) electrons. The highest BCUT2D eigenvalue weighted by Gasteiger charge is 2.34. The fraction of sp³-hybridized carbons (Fsp3) is 0.280. The van der Waals surface area contributed by atoms with Gasteiger partial charge in [-0.2, -0.15) is 0 Å². The van der Waals surface area contributed by atoms with Crippen LogP contribution >= 0.6 is 0 Å². The highest BCUT2D eigenvalue weighted by molar-refractivity contribution is 5.89. The number of urea groups is 1. The Morgan fingerprint density at radius 3 is 2.43 bits per heavy atom. The summed E-state index contributed by atoms with van der Waals surface area (Å²) in [4.78, 5) is 16.8. The summed E-state index contributed by atoms with van der Waals surface area (Å²) in [6.07, 6.45) is 3.61. The van der Waals surface area contributed by atoms with Gasteiger partial charge in [-0.05, 0) is 60.7 Å². The topological polar surface area (TPSA) is 63.2 Å². The summed E-state index contributed by atoms with van der Waals surface area (Å²) in [7, 11) is 0. The van der Waals surface area contributed by atoms with E-state index in [-0.39, 0.29) is 11.4 Å². The van der Waals surface area contributed by atoms with Crippen molar-refractivity contribution in [2.45, 2.75) is 25.2 Å². The van der Waals surface area contributed by atoms with Gasteiger partial charge >= 0.3 is 6.03 Å². The van der Waals surface area contributed by atoms with Crippen molar-refractivity contribution >= 4 is 11.7 Å². The number of nitrogens with one attached hydrogen (secondary N) is 2. The number of hydrogen-bond acceptors (Lipinski definition) is 3. The number of carbonyl (C=O) groups excluding carboxylic acids is 1. The first-order valence-corrected chi connectivity index (χ1v) is 10.4.